The molecule has 2 saturated heterocycles. The number of benzene rings is 2. The molecule has 0 unspecified atom stereocenters. The third-order valence-corrected chi connectivity index (χ3v) is 7.01. The van der Waals surface area contributed by atoms with Gasteiger partial charge in [0.25, 0.3) is 11.8 Å². The zero-order chi connectivity index (χ0) is 23.7. The van der Waals surface area contributed by atoms with E-state index in [4.69, 9.17) is 9.47 Å². The molecule has 2 aliphatic heterocycles. The van der Waals surface area contributed by atoms with Gasteiger partial charge < -0.3 is 14.4 Å². The third kappa shape index (κ3) is 4.97. The molecule has 0 aliphatic carbocycles. The number of piperazine rings is 1. The lowest BCUT2D eigenvalue weighted by Crippen LogP contribution is -2.54. The number of carbonyl (C=O) groups excluding carboxylic acids is 2. The number of ether oxygens (including phenoxy) is 2. The molecule has 34 heavy (non-hydrogen) atoms. The average Bonchev–Trinajstić information content (AvgIpc) is 3.39. The van der Waals surface area contributed by atoms with Crippen LogP contribution in [-0.2, 0) is 25.6 Å². The van der Waals surface area contributed by atoms with E-state index in [1.165, 1.54) is 16.9 Å². The second-order valence-electron chi connectivity index (χ2n) is 9.04. The molecule has 0 saturated carbocycles. The van der Waals surface area contributed by atoms with Gasteiger partial charge in [0.1, 0.15) is 0 Å². The molecule has 0 spiro atoms. The van der Waals surface area contributed by atoms with Gasteiger partial charge in [0.2, 0.25) is 0 Å². The smallest absolute Gasteiger partial charge is 0.258 e. The first-order valence-corrected chi connectivity index (χ1v) is 12.3. The van der Waals surface area contributed by atoms with Crippen molar-refractivity contribution in [2.75, 3.05) is 31.5 Å². The zero-order valence-corrected chi connectivity index (χ0v) is 20.1. The number of hydrogen-bond donors (Lipinski definition) is 1. The summed E-state index contributed by atoms with van der Waals surface area (Å²) in [5.74, 6) is -1.68. The van der Waals surface area contributed by atoms with Gasteiger partial charge in [-0.1, -0.05) is 53.8 Å². The third-order valence-electron chi connectivity index (χ3n) is 6.06. The summed E-state index contributed by atoms with van der Waals surface area (Å²) >= 11 is 1.38. The van der Waals surface area contributed by atoms with Gasteiger partial charge in [-0.15, -0.1) is 0 Å². The van der Waals surface area contributed by atoms with E-state index in [1.807, 2.05) is 42.5 Å². The predicted octanol–water partition coefficient (Wildman–Crippen LogP) is 3.10. The standard InChI is InChI=1S/C25H28N4O4S/c1-25(2)32-20(22(30)27-24-26-18-10-6-7-11-19(18)34-24)21(33-25)23(31)29-14-12-28(13-15-29)16-17-8-4-3-5-9-17/h3-11,20-21H,12-16H2,1-2H3,(H,26,27,30)/t20-,21-/m1/s1. The van der Waals surface area contributed by atoms with Crippen molar-refractivity contribution >= 4 is 38.5 Å². The van der Waals surface area contributed by atoms with Crippen molar-refractivity contribution in [3.63, 3.8) is 0 Å². The molecular formula is C25H28N4O4S. The van der Waals surface area contributed by atoms with Crippen molar-refractivity contribution in [1.29, 1.82) is 0 Å². The Hall–Kier alpha value is -2.85. The summed E-state index contributed by atoms with van der Waals surface area (Å²) in [5.41, 5.74) is 2.07. The Labute approximate surface area is 202 Å². The molecule has 0 bridgehead atoms. The Morgan fingerprint density at radius 2 is 1.68 bits per heavy atom. The number of aromatic nitrogens is 1. The molecular weight excluding hydrogens is 452 g/mol. The number of thiazole rings is 1. The minimum Gasteiger partial charge on any atom is -0.338 e. The van der Waals surface area contributed by atoms with Crippen molar-refractivity contribution in [2.24, 2.45) is 0 Å². The first-order valence-electron chi connectivity index (χ1n) is 11.5. The number of nitrogens with one attached hydrogen (secondary N) is 1. The maximum Gasteiger partial charge on any atom is 0.258 e. The second-order valence-corrected chi connectivity index (χ2v) is 10.1. The number of hydrogen-bond acceptors (Lipinski definition) is 7. The van der Waals surface area contributed by atoms with E-state index >= 15 is 0 Å². The van der Waals surface area contributed by atoms with Gasteiger partial charge in [-0.05, 0) is 31.5 Å². The molecule has 3 aromatic rings. The van der Waals surface area contributed by atoms with E-state index in [0.717, 1.165) is 29.9 Å². The van der Waals surface area contributed by atoms with E-state index in [-0.39, 0.29) is 5.91 Å². The van der Waals surface area contributed by atoms with Gasteiger partial charge in [-0.3, -0.25) is 19.8 Å². The fourth-order valence-corrected chi connectivity index (χ4v) is 5.25. The summed E-state index contributed by atoms with van der Waals surface area (Å²) in [6.45, 7) is 6.98. The van der Waals surface area contributed by atoms with Crippen LogP contribution in [0.2, 0.25) is 0 Å². The molecule has 2 fully saturated rings. The molecule has 5 rings (SSSR count). The molecule has 2 aliphatic rings. The van der Waals surface area contributed by atoms with Crippen LogP contribution in [0.25, 0.3) is 10.2 Å². The van der Waals surface area contributed by atoms with Gasteiger partial charge >= 0.3 is 0 Å². The van der Waals surface area contributed by atoms with Gasteiger partial charge in [0, 0.05) is 32.7 Å². The van der Waals surface area contributed by atoms with Crippen molar-refractivity contribution in [2.45, 2.75) is 38.4 Å². The highest BCUT2D eigenvalue weighted by Crippen LogP contribution is 2.32. The minimum absolute atomic E-state index is 0.214. The Morgan fingerprint density at radius 3 is 2.41 bits per heavy atom. The van der Waals surface area contributed by atoms with E-state index in [1.54, 1.807) is 18.7 Å². The predicted molar refractivity (Wildman–Crippen MR) is 130 cm³/mol. The number of nitrogens with zero attached hydrogens (tertiary/aromatic N) is 3. The molecule has 2 aromatic carbocycles. The number of fused-ring (bicyclic) bond motifs is 1. The summed E-state index contributed by atoms with van der Waals surface area (Å²) in [7, 11) is 0. The molecule has 3 heterocycles. The highest BCUT2D eigenvalue weighted by atomic mass is 32.1. The van der Waals surface area contributed by atoms with Crippen LogP contribution in [0.15, 0.2) is 54.6 Å². The maximum atomic E-state index is 13.4. The van der Waals surface area contributed by atoms with Gasteiger partial charge in [0.15, 0.2) is 23.1 Å². The summed E-state index contributed by atoms with van der Waals surface area (Å²) < 4.78 is 12.8. The van der Waals surface area contributed by atoms with Crippen LogP contribution in [0.4, 0.5) is 5.13 Å². The summed E-state index contributed by atoms with van der Waals surface area (Å²) in [4.78, 5) is 35.0. The largest absolute Gasteiger partial charge is 0.338 e. The molecule has 2 amide bonds. The van der Waals surface area contributed by atoms with E-state index < -0.39 is 23.9 Å². The molecule has 8 nitrogen and oxygen atoms in total. The van der Waals surface area contributed by atoms with Crippen LogP contribution >= 0.6 is 11.3 Å². The van der Waals surface area contributed by atoms with Crippen molar-refractivity contribution in [3.05, 3.63) is 60.2 Å². The quantitative estimate of drug-likeness (QED) is 0.604. The summed E-state index contributed by atoms with van der Waals surface area (Å²) in [6, 6.07) is 18.0. The Kier molecular flexibility index (Phi) is 6.35. The van der Waals surface area contributed by atoms with Gasteiger partial charge in [-0.25, -0.2) is 4.98 Å². The van der Waals surface area contributed by atoms with Crippen molar-refractivity contribution in [1.82, 2.24) is 14.8 Å². The van der Waals surface area contributed by atoms with Crippen LogP contribution < -0.4 is 5.32 Å². The van der Waals surface area contributed by atoms with Crippen LogP contribution in [0, 0.1) is 0 Å². The summed E-state index contributed by atoms with van der Waals surface area (Å²) in [6.07, 6.45) is -2.04. The number of para-hydroxylation sites is 1. The molecule has 178 valence electrons. The highest BCUT2D eigenvalue weighted by molar-refractivity contribution is 7.22. The lowest BCUT2D eigenvalue weighted by Gasteiger charge is -2.36. The summed E-state index contributed by atoms with van der Waals surface area (Å²) in [5, 5.41) is 3.29. The molecule has 9 heteroatoms. The van der Waals surface area contributed by atoms with Crippen LogP contribution in [0.1, 0.15) is 19.4 Å². The number of rotatable bonds is 5. The Balaban J connectivity index is 1.23. The second kappa shape index (κ2) is 9.42. The number of anilines is 1. The van der Waals surface area contributed by atoms with Crippen LogP contribution in [-0.4, -0.2) is 70.8 Å². The Morgan fingerprint density at radius 1 is 1.00 bits per heavy atom. The van der Waals surface area contributed by atoms with E-state index in [0.29, 0.717) is 18.2 Å². The monoisotopic (exact) mass is 480 g/mol. The lowest BCUT2D eigenvalue weighted by molar-refractivity contribution is -0.163. The molecule has 1 aromatic heterocycles. The van der Waals surface area contributed by atoms with Crippen molar-refractivity contribution in [3.8, 4) is 0 Å². The van der Waals surface area contributed by atoms with Gasteiger partial charge in [-0.2, -0.15) is 0 Å². The first kappa shape index (κ1) is 22.9. The highest BCUT2D eigenvalue weighted by Gasteiger charge is 2.50. The Bertz CT molecular complexity index is 1140. The fourth-order valence-electron chi connectivity index (χ4n) is 4.38. The lowest BCUT2D eigenvalue weighted by atomic mass is 10.1. The topological polar surface area (TPSA) is 84.0 Å². The van der Waals surface area contributed by atoms with E-state index in [2.05, 4.69) is 27.3 Å². The maximum absolute atomic E-state index is 13.4. The van der Waals surface area contributed by atoms with Crippen LogP contribution in [0.3, 0.4) is 0 Å². The molecule has 1 N–H and O–H groups in total. The fraction of sp³-hybridized carbons (Fsp3) is 0.400. The van der Waals surface area contributed by atoms with Gasteiger partial charge in [0.05, 0.1) is 10.2 Å². The average molecular weight is 481 g/mol. The van der Waals surface area contributed by atoms with E-state index in [9.17, 15) is 9.59 Å². The van der Waals surface area contributed by atoms with Crippen molar-refractivity contribution < 1.29 is 19.1 Å². The molecule has 0 radical (unpaired) electrons. The minimum atomic E-state index is -1.04. The zero-order valence-electron chi connectivity index (χ0n) is 19.3. The normalized spacial score (nSPS) is 22.7. The first-order chi connectivity index (χ1) is 16.4. The number of carbonyl (C=O) groups is 2. The molecule has 2 atom stereocenters. The number of amides is 2. The SMILES string of the molecule is CC1(C)O[C@@H](C(=O)Nc2nc3ccccc3s2)[C@H](C(=O)N2CCN(Cc3ccccc3)CC2)O1. The van der Waals surface area contributed by atoms with Crippen LogP contribution in [0.5, 0.6) is 0 Å².